The molecule has 8 heteroatoms. The van der Waals surface area contributed by atoms with Crippen molar-refractivity contribution in [1.82, 2.24) is 9.80 Å². The molecule has 4 atom stereocenters. The number of hydrogen-bond donors (Lipinski definition) is 2. The summed E-state index contributed by atoms with van der Waals surface area (Å²) in [5.74, 6) is -1.78. The van der Waals surface area contributed by atoms with Crippen molar-refractivity contribution < 1.29 is 19.8 Å². The molecule has 0 aromatic carbocycles. The molecule has 3 aliphatic heterocycles. The second-order valence-corrected chi connectivity index (χ2v) is 9.18. The molecule has 2 saturated heterocycles. The third-order valence-corrected chi connectivity index (χ3v) is 7.68. The second kappa shape index (κ2) is 7.27. The van der Waals surface area contributed by atoms with E-state index in [0.717, 1.165) is 36.7 Å². The smallest absolute Gasteiger partial charge is 0.354 e. The lowest BCUT2D eigenvalue weighted by Crippen LogP contribution is -2.61. The highest BCUT2D eigenvalue weighted by Crippen LogP contribution is 2.55. The van der Waals surface area contributed by atoms with Crippen LogP contribution in [0.3, 0.4) is 0 Å². The molecule has 6 nitrogen and oxygen atoms in total. The number of fused-ring (bicyclic) bond motifs is 1. The van der Waals surface area contributed by atoms with Gasteiger partial charge in [-0.2, -0.15) is 0 Å². The van der Waals surface area contributed by atoms with Gasteiger partial charge < -0.3 is 15.1 Å². The maximum atomic E-state index is 12.3. The summed E-state index contributed by atoms with van der Waals surface area (Å²) in [5.41, 5.74) is 0.119. The van der Waals surface area contributed by atoms with Crippen molar-refractivity contribution in [3.63, 3.8) is 0 Å². The molecule has 24 heavy (non-hydrogen) atoms. The van der Waals surface area contributed by atoms with Crippen LogP contribution in [0, 0.1) is 5.92 Å². The summed E-state index contributed by atoms with van der Waals surface area (Å²) >= 11 is 3.04. The standard InChI is InChI=1S/C16H24N2O4S2/c1-3-6-17-7-5-9(8-17)23-16-12(15(21)22)18-13(20)11(10(19)4-2)14(18)24-16/h9-11,14,19H,3-8H2,1-2H3,(H,21,22)/t9?,10-,11+,14+/m0/s1. The van der Waals surface area contributed by atoms with Crippen LogP contribution in [0.15, 0.2) is 9.93 Å². The number of carbonyl (C=O) groups excluding carboxylic acids is 1. The Labute approximate surface area is 150 Å². The zero-order valence-electron chi connectivity index (χ0n) is 14.0. The Kier molecular flexibility index (Phi) is 5.48. The van der Waals surface area contributed by atoms with Crippen molar-refractivity contribution in [1.29, 1.82) is 0 Å². The molecule has 0 bridgehead atoms. The van der Waals surface area contributed by atoms with E-state index >= 15 is 0 Å². The molecular formula is C16H24N2O4S2. The molecule has 0 aromatic heterocycles. The van der Waals surface area contributed by atoms with E-state index < -0.39 is 18.0 Å². The minimum absolute atomic E-state index is 0.119. The van der Waals surface area contributed by atoms with Crippen molar-refractivity contribution >= 4 is 35.4 Å². The molecule has 3 heterocycles. The summed E-state index contributed by atoms with van der Waals surface area (Å²) in [6.07, 6.45) is 1.97. The lowest BCUT2D eigenvalue weighted by molar-refractivity contribution is -0.157. The van der Waals surface area contributed by atoms with Crippen LogP contribution in [0.2, 0.25) is 0 Å². The van der Waals surface area contributed by atoms with E-state index in [1.54, 1.807) is 11.8 Å². The highest BCUT2D eigenvalue weighted by atomic mass is 32.2. The number of aliphatic hydroxyl groups excluding tert-OH is 1. The number of aliphatic carboxylic acids is 1. The van der Waals surface area contributed by atoms with E-state index in [0.29, 0.717) is 11.7 Å². The van der Waals surface area contributed by atoms with E-state index in [1.807, 2.05) is 6.92 Å². The van der Waals surface area contributed by atoms with Gasteiger partial charge in [-0.05, 0) is 32.4 Å². The first-order valence-corrected chi connectivity index (χ1v) is 10.3. The van der Waals surface area contributed by atoms with Gasteiger partial charge in [0.15, 0.2) is 5.70 Å². The molecule has 0 aromatic rings. The van der Waals surface area contributed by atoms with Crippen LogP contribution in [0.25, 0.3) is 0 Å². The van der Waals surface area contributed by atoms with Gasteiger partial charge >= 0.3 is 5.97 Å². The number of carbonyl (C=O) groups is 2. The zero-order chi connectivity index (χ0) is 17.4. The van der Waals surface area contributed by atoms with Crippen molar-refractivity contribution in [2.45, 2.75) is 49.8 Å². The Morgan fingerprint density at radius 1 is 1.46 bits per heavy atom. The summed E-state index contributed by atoms with van der Waals surface area (Å²) in [4.78, 5) is 27.8. The highest BCUT2D eigenvalue weighted by molar-refractivity contribution is 8.23. The summed E-state index contributed by atoms with van der Waals surface area (Å²) in [7, 11) is 0. The average molecular weight is 373 g/mol. The number of likely N-dealkylation sites (tertiary alicyclic amines) is 1. The lowest BCUT2D eigenvalue weighted by Gasteiger charge is -2.44. The molecule has 1 unspecified atom stereocenters. The number of thioether (sulfide) groups is 2. The molecule has 2 N–H and O–H groups in total. The van der Waals surface area contributed by atoms with Gasteiger partial charge in [0, 0.05) is 11.8 Å². The molecule has 3 aliphatic rings. The van der Waals surface area contributed by atoms with Crippen LogP contribution in [-0.2, 0) is 9.59 Å². The van der Waals surface area contributed by atoms with Gasteiger partial charge in [0.05, 0.1) is 16.3 Å². The Hall–Kier alpha value is -0.700. The third kappa shape index (κ3) is 3.09. The number of carboxylic acid groups (broad SMARTS) is 1. The number of nitrogens with zero attached hydrogens (tertiary/aromatic N) is 2. The topological polar surface area (TPSA) is 81.1 Å². The van der Waals surface area contributed by atoms with Crippen LogP contribution in [-0.4, -0.2) is 68.3 Å². The monoisotopic (exact) mass is 372 g/mol. The van der Waals surface area contributed by atoms with Gasteiger partial charge in [0.1, 0.15) is 5.37 Å². The Bertz CT molecular complexity index is 568. The Morgan fingerprint density at radius 2 is 2.21 bits per heavy atom. The fourth-order valence-electron chi connectivity index (χ4n) is 3.56. The fourth-order valence-corrected chi connectivity index (χ4v) is 6.87. The number of amides is 1. The van der Waals surface area contributed by atoms with Crippen LogP contribution in [0.4, 0.5) is 0 Å². The lowest BCUT2D eigenvalue weighted by atomic mass is 9.90. The summed E-state index contributed by atoms with van der Waals surface area (Å²) < 4.78 is 0.731. The first-order valence-electron chi connectivity index (χ1n) is 8.52. The van der Waals surface area contributed by atoms with Gasteiger partial charge in [-0.15, -0.1) is 11.8 Å². The normalized spacial score (nSPS) is 31.4. The molecular weight excluding hydrogens is 348 g/mol. The minimum Gasteiger partial charge on any atom is -0.477 e. The summed E-state index contributed by atoms with van der Waals surface area (Å²) in [6, 6.07) is 0. The molecule has 0 saturated carbocycles. The van der Waals surface area contributed by atoms with Crippen LogP contribution >= 0.6 is 23.5 Å². The largest absolute Gasteiger partial charge is 0.477 e. The zero-order valence-corrected chi connectivity index (χ0v) is 15.6. The SMILES string of the molecule is CCCN1CCC(SC2=C(C(=O)O)N3C(=O)[C@@H]([C@@H](O)CC)[C@H]3S2)C1. The van der Waals surface area contributed by atoms with Crippen molar-refractivity contribution in [3.05, 3.63) is 9.93 Å². The van der Waals surface area contributed by atoms with Gasteiger partial charge in [0.25, 0.3) is 0 Å². The summed E-state index contributed by atoms with van der Waals surface area (Å²) in [5, 5.41) is 19.7. The van der Waals surface area contributed by atoms with E-state index in [9.17, 15) is 19.8 Å². The van der Waals surface area contributed by atoms with Crippen molar-refractivity contribution in [2.75, 3.05) is 19.6 Å². The van der Waals surface area contributed by atoms with Gasteiger partial charge in [-0.1, -0.05) is 25.6 Å². The van der Waals surface area contributed by atoms with E-state index in [4.69, 9.17) is 0 Å². The quantitative estimate of drug-likeness (QED) is 0.659. The first kappa shape index (κ1) is 18.1. The Balaban J connectivity index is 1.71. The molecule has 3 rings (SSSR count). The predicted molar refractivity (Wildman–Crippen MR) is 95.4 cm³/mol. The second-order valence-electron chi connectivity index (χ2n) is 6.49. The number of hydrogen-bond acceptors (Lipinski definition) is 6. The number of β-lactam (4-membered cyclic amide) rings is 1. The van der Waals surface area contributed by atoms with Crippen LogP contribution < -0.4 is 0 Å². The van der Waals surface area contributed by atoms with Crippen LogP contribution in [0.1, 0.15) is 33.1 Å². The van der Waals surface area contributed by atoms with Crippen LogP contribution in [0.5, 0.6) is 0 Å². The van der Waals surface area contributed by atoms with E-state index in [-0.39, 0.29) is 17.0 Å². The third-order valence-electron chi connectivity index (χ3n) is 4.82. The van der Waals surface area contributed by atoms with Crippen molar-refractivity contribution in [3.8, 4) is 0 Å². The molecule has 134 valence electrons. The van der Waals surface area contributed by atoms with E-state index in [2.05, 4.69) is 11.8 Å². The maximum Gasteiger partial charge on any atom is 0.354 e. The van der Waals surface area contributed by atoms with Gasteiger partial charge in [-0.3, -0.25) is 9.69 Å². The highest BCUT2D eigenvalue weighted by Gasteiger charge is 2.58. The number of rotatable bonds is 7. The molecule has 0 aliphatic carbocycles. The molecule has 1 amide bonds. The van der Waals surface area contributed by atoms with Gasteiger partial charge in [-0.25, -0.2) is 4.79 Å². The van der Waals surface area contributed by atoms with Gasteiger partial charge in [0.2, 0.25) is 5.91 Å². The fraction of sp³-hybridized carbons (Fsp3) is 0.750. The number of carboxylic acids is 1. The van der Waals surface area contributed by atoms with E-state index in [1.165, 1.54) is 16.7 Å². The molecule has 2 fully saturated rings. The maximum absolute atomic E-state index is 12.3. The predicted octanol–water partition coefficient (Wildman–Crippen LogP) is 1.76. The first-order chi connectivity index (χ1) is 11.5. The molecule has 0 spiro atoms. The Morgan fingerprint density at radius 3 is 2.83 bits per heavy atom. The average Bonchev–Trinajstić information content (AvgIpc) is 3.10. The minimum atomic E-state index is -1.05. The molecule has 0 radical (unpaired) electrons. The summed E-state index contributed by atoms with van der Waals surface area (Å²) in [6.45, 7) is 7.09. The van der Waals surface area contributed by atoms with Crippen molar-refractivity contribution in [2.24, 2.45) is 5.92 Å². The number of aliphatic hydroxyl groups is 1.